The third-order valence-corrected chi connectivity index (χ3v) is 2.59. The van der Waals surface area contributed by atoms with Gasteiger partial charge in [0.15, 0.2) is 0 Å². The minimum Gasteiger partial charge on any atom is -0.477 e. The van der Waals surface area contributed by atoms with Crippen molar-refractivity contribution in [2.45, 2.75) is 6.54 Å². The van der Waals surface area contributed by atoms with Gasteiger partial charge in [-0.05, 0) is 12.1 Å². The van der Waals surface area contributed by atoms with Gasteiger partial charge in [-0.15, -0.1) is 0 Å². The summed E-state index contributed by atoms with van der Waals surface area (Å²) in [6.45, 7) is 0.696. The Morgan fingerprint density at radius 3 is 2.72 bits per heavy atom. The zero-order valence-corrected chi connectivity index (χ0v) is 10.2. The first-order chi connectivity index (χ1) is 8.56. The highest BCUT2D eigenvalue weighted by Crippen LogP contribution is 2.14. The van der Waals surface area contributed by atoms with Crippen LogP contribution in [0.15, 0.2) is 30.7 Å². The lowest BCUT2D eigenvalue weighted by atomic mass is 10.3. The van der Waals surface area contributed by atoms with E-state index in [0.29, 0.717) is 6.54 Å². The fraction of sp³-hybridized carbons (Fsp3) is 0.250. The molecule has 0 radical (unpaired) electrons. The highest BCUT2D eigenvalue weighted by molar-refractivity contribution is 5.85. The second-order valence-corrected chi connectivity index (χ2v) is 4.09. The van der Waals surface area contributed by atoms with Crippen molar-refractivity contribution in [2.75, 3.05) is 11.9 Å². The second-order valence-electron chi connectivity index (χ2n) is 4.09. The van der Waals surface area contributed by atoms with Gasteiger partial charge in [0.1, 0.15) is 5.69 Å². The van der Waals surface area contributed by atoms with Crippen molar-refractivity contribution in [3.8, 4) is 0 Å². The van der Waals surface area contributed by atoms with Crippen LogP contribution in [0.5, 0.6) is 0 Å². The molecule has 0 amide bonds. The molecular formula is C12H14N4O2. The Kier molecular flexibility index (Phi) is 3.27. The predicted octanol–water partition coefficient (Wildman–Crippen LogP) is 1.15. The summed E-state index contributed by atoms with van der Waals surface area (Å²) >= 11 is 0. The molecule has 0 saturated heterocycles. The van der Waals surface area contributed by atoms with E-state index in [2.05, 4.69) is 10.1 Å². The number of carboxylic acid groups (broad SMARTS) is 1. The van der Waals surface area contributed by atoms with Crippen LogP contribution in [0.4, 0.5) is 5.69 Å². The number of rotatable bonds is 4. The molecule has 1 N–H and O–H groups in total. The number of pyridine rings is 1. The number of carboxylic acids is 1. The van der Waals surface area contributed by atoms with Crippen molar-refractivity contribution >= 4 is 11.7 Å². The summed E-state index contributed by atoms with van der Waals surface area (Å²) in [6, 6.07) is 3.24. The summed E-state index contributed by atoms with van der Waals surface area (Å²) in [4.78, 5) is 16.6. The number of anilines is 1. The van der Waals surface area contributed by atoms with Gasteiger partial charge in [0.05, 0.1) is 18.1 Å². The molecule has 2 rings (SSSR count). The van der Waals surface area contributed by atoms with Crippen LogP contribution in [0.1, 0.15) is 16.1 Å². The highest BCUT2D eigenvalue weighted by atomic mass is 16.4. The molecule has 2 aromatic heterocycles. The Labute approximate surface area is 104 Å². The van der Waals surface area contributed by atoms with Gasteiger partial charge in [-0.3, -0.25) is 4.68 Å². The minimum atomic E-state index is -1.02. The lowest BCUT2D eigenvalue weighted by molar-refractivity contribution is 0.0690. The summed E-state index contributed by atoms with van der Waals surface area (Å²) in [5, 5.41) is 12.9. The zero-order chi connectivity index (χ0) is 13.1. The molecule has 6 heteroatoms. The number of nitrogens with zero attached hydrogens (tertiary/aromatic N) is 4. The van der Waals surface area contributed by atoms with Gasteiger partial charge >= 0.3 is 5.97 Å². The monoisotopic (exact) mass is 246 g/mol. The smallest absolute Gasteiger partial charge is 0.354 e. The van der Waals surface area contributed by atoms with Gasteiger partial charge < -0.3 is 10.0 Å². The van der Waals surface area contributed by atoms with E-state index in [9.17, 15) is 4.79 Å². The van der Waals surface area contributed by atoms with E-state index in [-0.39, 0.29) is 5.69 Å². The number of hydrogen-bond donors (Lipinski definition) is 1. The molecule has 0 fully saturated rings. The second kappa shape index (κ2) is 4.87. The third-order valence-electron chi connectivity index (χ3n) is 2.59. The molecule has 2 aromatic rings. The molecule has 94 valence electrons. The number of hydrogen-bond acceptors (Lipinski definition) is 4. The van der Waals surface area contributed by atoms with E-state index in [4.69, 9.17) is 5.11 Å². The van der Waals surface area contributed by atoms with Gasteiger partial charge in [-0.2, -0.15) is 5.10 Å². The minimum absolute atomic E-state index is 0.0496. The average Bonchev–Trinajstić information content (AvgIpc) is 2.75. The van der Waals surface area contributed by atoms with Crippen molar-refractivity contribution in [3.63, 3.8) is 0 Å². The maximum Gasteiger partial charge on any atom is 0.354 e. The molecule has 0 atom stereocenters. The maximum atomic E-state index is 10.7. The number of aryl methyl sites for hydroxylation is 1. The number of aromatic nitrogens is 3. The van der Waals surface area contributed by atoms with E-state index in [1.165, 1.54) is 6.07 Å². The first-order valence-electron chi connectivity index (χ1n) is 5.44. The van der Waals surface area contributed by atoms with Crippen LogP contribution in [0.25, 0.3) is 0 Å². The van der Waals surface area contributed by atoms with Crippen LogP contribution in [0.3, 0.4) is 0 Å². The van der Waals surface area contributed by atoms with Crippen molar-refractivity contribution < 1.29 is 9.90 Å². The fourth-order valence-corrected chi connectivity index (χ4v) is 1.66. The molecular weight excluding hydrogens is 232 g/mol. The molecule has 6 nitrogen and oxygen atoms in total. The quantitative estimate of drug-likeness (QED) is 0.876. The topological polar surface area (TPSA) is 71.2 Å². The molecule has 0 aliphatic heterocycles. The van der Waals surface area contributed by atoms with Crippen LogP contribution in [0, 0.1) is 0 Å². The first kappa shape index (κ1) is 12.1. The summed E-state index contributed by atoms with van der Waals surface area (Å²) in [7, 11) is 3.79. The van der Waals surface area contributed by atoms with Crippen LogP contribution >= 0.6 is 0 Å². The molecule has 0 bridgehead atoms. The normalized spacial score (nSPS) is 10.3. The Bertz CT molecular complexity index is 547. The van der Waals surface area contributed by atoms with Gasteiger partial charge in [-0.25, -0.2) is 9.78 Å². The van der Waals surface area contributed by atoms with E-state index in [1.807, 2.05) is 25.2 Å². The maximum absolute atomic E-state index is 10.7. The first-order valence-corrected chi connectivity index (χ1v) is 5.44. The van der Waals surface area contributed by atoms with Crippen LogP contribution in [-0.2, 0) is 13.6 Å². The molecule has 0 aromatic carbocycles. The largest absolute Gasteiger partial charge is 0.477 e. The van der Waals surface area contributed by atoms with Gasteiger partial charge in [0.25, 0.3) is 0 Å². The zero-order valence-electron chi connectivity index (χ0n) is 10.2. The Morgan fingerprint density at radius 2 is 2.22 bits per heavy atom. The molecule has 0 unspecified atom stereocenters. The molecule has 2 heterocycles. The predicted molar refractivity (Wildman–Crippen MR) is 66.5 cm³/mol. The summed E-state index contributed by atoms with van der Waals surface area (Å²) in [5.41, 5.74) is 2.00. The Balaban J connectivity index is 2.09. The van der Waals surface area contributed by atoms with Crippen molar-refractivity contribution in [1.29, 1.82) is 0 Å². The molecule has 0 aliphatic rings. The van der Waals surface area contributed by atoms with Gasteiger partial charge in [0, 0.05) is 32.4 Å². The lowest BCUT2D eigenvalue weighted by Gasteiger charge is -2.17. The van der Waals surface area contributed by atoms with E-state index < -0.39 is 5.97 Å². The van der Waals surface area contributed by atoms with Crippen LogP contribution in [0.2, 0.25) is 0 Å². The SMILES string of the molecule is CN(Cc1cnn(C)c1)c1ccc(C(=O)O)nc1. The van der Waals surface area contributed by atoms with Crippen LogP contribution < -0.4 is 4.90 Å². The number of aromatic carboxylic acids is 1. The number of carbonyl (C=O) groups is 1. The molecule has 18 heavy (non-hydrogen) atoms. The Morgan fingerprint density at radius 1 is 1.44 bits per heavy atom. The van der Waals surface area contributed by atoms with Crippen LogP contribution in [-0.4, -0.2) is 32.9 Å². The molecule has 0 spiro atoms. The summed E-state index contributed by atoms with van der Waals surface area (Å²) in [5.74, 6) is -1.02. The summed E-state index contributed by atoms with van der Waals surface area (Å²) in [6.07, 6.45) is 5.30. The van der Waals surface area contributed by atoms with Gasteiger partial charge in [0.2, 0.25) is 0 Å². The average molecular weight is 246 g/mol. The van der Waals surface area contributed by atoms with Crippen molar-refractivity contribution in [3.05, 3.63) is 42.0 Å². The van der Waals surface area contributed by atoms with E-state index in [0.717, 1.165) is 11.3 Å². The summed E-state index contributed by atoms with van der Waals surface area (Å²) < 4.78 is 1.74. The highest BCUT2D eigenvalue weighted by Gasteiger charge is 2.07. The van der Waals surface area contributed by atoms with Crippen molar-refractivity contribution in [2.24, 2.45) is 7.05 Å². The molecule has 0 saturated carbocycles. The molecule has 0 aliphatic carbocycles. The van der Waals surface area contributed by atoms with Gasteiger partial charge in [-0.1, -0.05) is 0 Å². The van der Waals surface area contributed by atoms with E-state index >= 15 is 0 Å². The lowest BCUT2D eigenvalue weighted by Crippen LogP contribution is -2.16. The Hall–Kier alpha value is -2.37. The fourth-order valence-electron chi connectivity index (χ4n) is 1.66. The van der Waals surface area contributed by atoms with E-state index in [1.54, 1.807) is 23.1 Å². The van der Waals surface area contributed by atoms with Crippen molar-refractivity contribution in [1.82, 2.24) is 14.8 Å². The standard InChI is InChI=1S/C12H14N4O2/c1-15(7-9-5-14-16(2)8-9)10-3-4-11(12(17)18)13-6-10/h3-6,8H,7H2,1-2H3,(H,17,18). The third kappa shape index (κ3) is 2.65.